The van der Waals surface area contributed by atoms with Gasteiger partial charge in [-0.05, 0) is 43.7 Å². The molecule has 5 nitrogen and oxygen atoms in total. The second-order valence-electron chi connectivity index (χ2n) is 5.81. The van der Waals surface area contributed by atoms with Crippen molar-refractivity contribution in [2.75, 3.05) is 18.6 Å². The van der Waals surface area contributed by atoms with E-state index in [1.807, 2.05) is 25.1 Å². The van der Waals surface area contributed by atoms with E-state index < -0.39 is 6.10 Å². The van der Waals surface area contributed by atoms with Crippen molar-refractivity contribution in [1.82, 2.24) is 0 Å². The Morgan fingerprint density at radius 2 is 2.04 bits per heavy atom. The second kappa shape index (κ2) is 6.35. The zero-order valence-electron chi connectivity index (χ0n) is 13.9. The lowest BCUT2D eigenvalue weighted by molar-refractivity contribution is -0.125. The van der Waals surface area contributed by atoms with Gasteiger partial charge in [0.2, 0.25) is 0 Å². The van der Waals surface area contributed by atoms with Crippen LogP contribution in [0.5, 0.6) is 11.5 Å². The van der Waals surface area contributed by atoms with Crippen molar-refractivity contribution in [3.8, 4) is 11.5 Å². The molecule has 2 aromatic rings. The summed E-state index contributed by atoms with van der Waals surface area (Å²) in [5, 5.41) is 0. The van der Waals surface area contributed by atoms with E-state index in [0.29, 0.717) is 22.7 Å². The Morgan fingerprint density at radius 1 is 1.25 bits per heavy atom. The molecule has 0 bridgehead atoms. The summed E-state index contributed by atoms with van der Waals surface area (Å²) in [6.45, 7) is 3.59. The number of fused-ring (bicyclic) bond motifs is 1. The van der Waals surface area contributed by atoms with Crippen molar-refractivity contribution < 1.29 is 19.1 Å². The van der Waals surface area contributed by atoms with Crippen LogP contribution in [0.25, 0.3) is 0 Å². The maximum atomic E-state index is 12.6. The van der Waals surface area contributed by atoms with Gasteiger partial charge < -0.3 is 9.47 Å². The fourth-order valence-corrected chi connectivity index (χ4v) is 2.71. The molecule has 1 unspecified atom stereocenters. The number of rotatable bonds is 4. The first kappa shape index (κ1) is 16.1. The van der Waals surface area contributed by atoms with Gasteiger partial charge in [-0.15, -0.1) is 0 Å². The Morgan fingerprint density at radius 3 is 2.79 bits per heavy atom. The molecule has 124 valence electrons. The zero-order valence-corrected chi connectivity index (χ0v) is 13.9. The van der Waals surface area contributed by atoms with Gasteiger partial charge in [-0.25, -0.2) is 0 Å². The summed E-state index contributed by atoms with van der Waals surface area (Å²) in [5.41, 5.74) is 2.14. The number of nitrogens with zero attached hydrogens (tertiary/aromatic N) is 1. The number of carbonyl (C=O) groups is 2. The minimum atomic E-state index is -0.613. The van der Waals surface area contributed by atoms with E-state index in [1.54, 1.807) is 38.3 Å². The number of benzene rings is 2. The summed E-state index contributed by atoms with van der Waals surface area (Å²) >= 11 is 0. The lowest BCUT2D eigenvalue weighted by Crippen LogP contribution is -2.46. The highest BCUT2D eigenvalue weighted by Crippen LogP contribution is 2.34. The van der Waals surface area contributed by atoms with Gasteiger partial charge in [-0.2, -0.15) is 0 Å². The maximum Gasteiger partial charge on any atom is 0.268 e. The number of aryl methyl sites for hydroxylation is 1. The number of Topliss-reactive ketones (excluding diaryl/α,β-unsaturated/α-hetero) is 1. The Hall–Kier alpha value is -2.82. The van der Waals surface area contributed by atoms with E-state index in [4.69, 9.17) is 9.47 Å². The Kier molecular flexibility index (Phi) is 4.25. The Balaban J connectivity index is 1.92. The van der Waals surface area contributed by atoms with Gasteiger partial charge in [0.15, 0.2) is 11.9 Å². The number of anilines is 1. The van der Waals surface area contributed by atoms with E-state index in [0.717, 1.165) is 5.56 Å². The molecule has 3 rings (SSSR count). The van der Waals surface area contributed by atoms with Crippen LogP contribution >= 0.6 is 0 Å². The smallest absolute Gasteiger partial charge is 0.268 e. The molecule has 1 atom stereocenters. The van der Waals surface area contributed by atoms with E-state index in [9.17, 15) is 9.59 Å². The normalized spacial score (nSPS) is 16.4. The molecule has 0 aliphatic carbocycles. The molecule has 1 aliphatic heterocycles. The van der Waals surface area contributed by atoms with E-state index >= 15 is 0 Å². The summed E-state index contributed by atoms with van der Waals surface area (Å²) in [6, 6.07) is 12.5. The van der Waals surface area contributed by atoms with Crippen molar-refractivity contribution >= 4 is 17.4 Å². The molecule has 0 radical (unpaired) electrons. The molecule has 2 aromatic carbocycles. The number of ketones is 1. The molecule has 0 saturated heterocycles. The van der Waals surface area contributed by atoms with E-state index in [2.05, 4.69) is 0 Å². The standard InChI is InChI=1S/C19H19NO4/c1-12-7-8-18-16(9-12)20(19(22)13(2)24-18)11-17(21)14-5-4-6-15(10-14)23-3/h4-10,13H,11H2,1-3H3. The molecule has 0 spiro atoms. The predicted molar refractivity (Wildman–Crippen MR) is 90.9 cm³/mol. The summed E-state index contributed by atoms with van der Waals surface area (Å²) in [4.78, 5) is 26.6. The van der Waals surface area contributed by atoms with Gasteiger partial charge in [0.05, 0.1) is 19.3 Å². The molecule has 0 aromatic heterocycles. The molecular formula is C19H19NO4. The molecule has 5 heteroatoms. The van der Waals surface area contributed by atoms with Crippen molar-refractivity contribution in [1.29, 1.82) is 0 Å². The summed E-state index contributed by atoms with van der Waals surface area (Å²) in [5.74, 6) is 0.859. The SMILES string of the molecule is COc1cccc(C(=O)CN2C(=O)C(C)Oc3ccc(C)cc32)c1. The molecule has 0 saturated carbocycles. The van der Waals surface area contributed by atoms with Crippen LogP contribution in [0.2, 0.25) is 0 Å². The van der Waals surface area contributed by atoms with Gasteiger partial charge in [-0.3, -0.25) is 14.5 Å². The average molecular weight is 325 g/mol. The fourth-order valence-electron chi connectivity index (χ4n) is 2.71. The highest BCUT2D eigenvalue weighted by molar-refractivity contribution is 6.08. The van der Waals surface area contributed by atoms with Crippen LogP contribution < -0.4 is 14.4 Å². The third-order valence-corrected chi connectivity index (χ3v) is 4.02. The molecule has 0 N–H and O–H groups in total. The highest BCUT2D eigenvalue weighted by atomic mass is 16.5. The quantitative estimate of drug-likeness (QED) is 0.811. The number of hydrogen-bond donors (Lipinski definition) is 0. The monoisotopic (exact) mass is 325 g/mol. The van der Waals surface area contributed by atoms with Crippen LogP contribution in [-0.2, 0) is 4.79 Å². The predicted octanol–water partition coefficient (Wildman–Crippen LogP) is 3.00. The van der Waals surface area contributed by atoms with Crippen LogP contribution in [-0.4, -0.2) is 31.4 Å². The summed E-state index contributed by atoms with van der Waals surface area (Å²) < 4.78 is 10.8. The molecular weight excluding hydrogens is 306 g/mol. The number of methoxy groups -OCH3 is 1. The lowest BCUT2D eigenvalue weighted by atomic mass is 10.1. The Labute approximate surface area is 140 Å². The largest absolute Gasteiger partial charge is 0.497 e. The topological polar surface area (TPSA) is 55.8 Å². The van der Waals surface area contributed by atoms with Gasteiger partial charge in [0, 0.05) is 5.56 Å². The molecule has 24 heavy (non-hydrogen) atoms. The van der Waals surface area contributed by atoms with Crippen LogP contribution in [0, 0.1) is 6.92 Å². The molecule has 0 fully saturated rings. The minimum absolute atomic E-state index is 0.0316. The molecule has 1 amide bonds. The zero-order chi connectivity index (χ0) is 17.3. The first-order chi connectivity index (χ1) is 11.5. The summed E-state index contributed by atoms with van der Waals surface area (Å²) in [7, 11) is 1.55. The van der Waals surface area contributed by atoms with Crippen molar-refractivity contribution in [2.45, 2.75) is 20.0 Å². The highest BCUT2D eigenvalue weighted by Gasteiger charge is 2.32. The third-order valence-electron chi connectivity index (χ3n) is 4.02. The van der Waals surface area contributed by atoms with Crippen LogP contribution in [0.4, 0.5) is 5.69 Å². The van der Waals surface area contributed by atoms with Crippen molar-refractivity contribution in [3.05, 3.63) is 53.6 Å². The molecule has 1 aliphatic rings. The van der Waals surface area contributed by atoms with E-state index in [1.165, 1.54) is 4.90 Å². The number of ether oxygens (including phenoxy) is 2. The van der Waals surface area contributed by atoms with Crippen LogP contribution in [0.3, 0.4) is 0 Å². The average Bonchev–Trinajstić information content (AvgIpc) is 2.59. The summed E-state index contributed by atoms with van der Waals surface area (Å²) in [6.07, 6.45) is -0.613. The minimum Gasteiger partial charge on any atom is -0.497 e. The van der Waals surface area contributed by atoms with Gasteiger partial charge in [-0.1, -0.05) is 18.2 Å². The fraction of sp³-hybridized carbons (Fsp3) is 0.263. The Bertz CT molecular complexity index is 800. The van der Waals surface area contributed by atoms with E-state index in [-0.39, 0.29) is 18.2 Å². The van der Waals surface area contributed by atoms with Gasteiger partial charge in [0.1, 0.15) is 11.5 Å². The molecule has 1 heterocycles. The first-order valence-corrected chi connectivity index (χ1v) is 7.75. The van der Waals surface area contributed by atoms with Crippen LogP contribution in [0.1, 0.15) is 22.8 Å². The number of hydrogen-bond acceptors (Lipinski definition) is 4. The number of carbonyl (C=O) groups excluding carboxylic acids is 2. The lowest BCUT2D eigenvalue weighted by Gasteiger charge is -2.32. The second-order valence-corrected chi connectivity index (χ2v) is 5.81. The van der Waals surface area contributed by atoms with Crippen molar-refractivity contribution in [2.24, 2.45) is 0 Å². The van der Waals surface area contributed by atoms with Crippen molar-refractivity contribution in [3.63, 3.8) is 0 Å². The first-order valence-electron chi connectivity index (χ1n) is 7.75. The van der Waals surface area contributed by atoms with Crippen LogP contribution in [0.15, 0.2) is 42.5 Å². The third kappa shape index (κ3) is 2.97. The maximum absolute atomic E-state index is 12.6. The number of amides is 1. The van der Waals surface area contributed by atoms with Gasteiger partial charge >= 0.3 is 0 Å². The van der Waals surface area contributed by atoms with Gasteiger partial charge in [0.25, 0.3) is 5.91 Å².